The molecule has 16 nitrogen and oxygen atoms in total. The molecule has 1 fully saturated rings. The smallest absolute Gasteiger partial charge is 0.337 e. The van der Waals surface area contributed by atoms with Crippen molar-refractivity contribution in [2.24, 2.45) is 7.05 Å². The summed E-state index contributed by atoms with van der Waals surface area (Å²) >= 11 is 0. The molecule has 4 aromatic heterocycles. The summed E-state index contributed by atoms with van der Waals surface area (Å²) < 4.78 is 51.2. The van der Waals surface area contributed by atoms with Gasteiger partial charge >= 0.3 is 11.7 Å². The van der Waals surface area contributed by atoms with Crippen LogP contribution in [0.1, 0.15) is 44.0 Å². The molecule has 1 atom stereocenters. The minimum atomic E-state index is -4.15. The normalized spacial score (nSPS) is 14.9. The van der Waals surface area contributed by atoms with E-state index in [9.17, 15) is 32.7 Å². The highest BCUT2D eigenvalue weighted by Gasteiger charge is 2.24. The number of pyridine rings is 2. The Balaban J connectivity index is 1.09. The molecule has 5 aromatic rings. The Bertz CT molecular complexity index is 2580. The molecule has 0 aliphatic carbocycles. The number of sulfonamides is 1. The van der Waals surface area contributed by atoms with Crippen LogP contribution >= 0.6 is 0 Å². The number of hydrogen-bond acceptors (Lipinski definition) is 11. The predicted molar refractivity (Wildman–Crippen MR) is 202 cm³/mol. The summed E-state index contributed by atoms with van der Waals surface area (Å²) in [5, 5.41) is 12.3. The maximum absolute atomic E-state index is 15.2. The Kier molecular flexibility index (Phi) is 11.6. The van der Waals surface area contributed by atoms with E-state index in [0.717, 1.165) is 36.2 Å². The molecule has 0 bridgehead atoms. The lowest BCUT2D eigenvalue weighted by atomic mass is 9.99. The lowest BCUT2D eigenvalue weighted by Crippen LogP contribution is -2.42. The first-order valence-electron chi connectivity index (χ1n) is 17.4. The lowest BCUT2D eigenvalue weighted by molar-refractivity contribution is -0.141. The number of benzene rings is 1. The van der Waals surface area contributed by atoms with Crippen molar-refractivity contribution in [3.8, 4) is 16.9 Å². The molecule has 1 aromatic carbocycles. The summed E-state index contributed by atoms with van der Waals surface area (Å²) in [6, 6.07) is 8.74. The SMILES string of the molecule is C/C(C(=O)N[C@@H](Cc1ccc(-n2c(=O)c3ccncc3n(C)c2=O)nc1)C(=O)O)=C(F)\C=C(/C)NS(=O)(=O)c1ccc(-c2cnc(C3CCOCC3)nc2)cc1. The van der Waals surface area contributed by atoms with Crippen molar-refractivity contribution < 1.29 is 32.2 Å². The Morgan fingerprint density at radius 1 is 0.982 bits per heavy atom. The molecule has 0 radical (unpaired) electrons. The van der Waals surface area contributed by atoms with Crippen molar-refractivity contribution in [3.05, 3.63) is 129 Å². The highest BCUT2D eigenvalue weighted by atomic mass is 32.2. The fraction of sp³-hybridized carbons (Fsp3) is 0.263. The molecule has 290 valence electrons. The number of carbonyl (C=O) groups is 2. The van der Waals surface area contributed by atoms with Crippen LogP contribution in [0.2, 0.25) is 0 Å². The second kappa shape index (κ2) is 16.5. The summed E-state index contributed by atoms with van der Waals surface area (Å²) in [5.74, 6) is -2.61. The van der Waals surface area contributed by atoms with Gasteiger partial charge in [0.1, 0.15) is 23.5 Å². The van der Waals surface area contributed by atoms with Gasteiger partial charge < -0.3 is 15.2 Å². The van der Waals surface area contributed by atoms with Crippen LogP contribution in [0.4, 0.5) is 4.39 Å². The first-order chi connectivity index (χ1) is 26.7. The number of rotatable bonds is 12. The van der Waals surface area contributed by atoms with E-state index in [1.165, 1.54) is 67.5 Å². The van der Waals surface area contributed by atoms with Crippen LogP contribution in [0.15, 0.2) is 111 Å². The van der Waals surface area contributed by atoms with E-state index in [4.69, 9.17) is 4.74 Å². The quantitative estimate of drug-likeness (QED) is 0.123. The number of halogens is 1. The lowest BCUT2D eigenvalue weighted by Gasteiger charge is -2.20. The number of nitrogens with zero attached hydrogens (tertiary/aromatic N) is 6. The number of carboxylic acid groups (broad SMARTS) is 1. The van der Waals surface area contributed by atoms with Gasteiger partial charge in [0.25, 0.3) is 21.5 Å². The molecule has 1 aliphatic heterocycles. The highest BCUT2D eigenvalue weighted by molar-refractivity contribution is 7.89. The van der Waals surface area contributed by atoms with E-state index in [1.807, 2.05) is 0 Å². The topological polar surface area (TPSA) is 217 Å². The van der Waals surface area contributed by atoms with Gasteiger partial charge in [0.2, 0.25) is 0 Å². The number of nitrogens with one attached hydrogen (secondary N) is 2. The third kappa shape index (κ3) is 8.61. The van der Waals surface area contributed by atoms with Gasteiger partial charge in [-0.2, -0.15) is 0 Å². The van der Waals surface area contributed by atoms with Crippen molar-refractivity contribution in [3.63, 3.8) is 0 Å². The minimum absolute atomic E-state index is 0.00778. The van der Waals surface area contributed by atoms with Crippen LogP contribution < -0.4 is 21.3 Å². The summed E-state index contributed by atoms with van der Waals surface area (Å²) in [5.41, 5.74) is 0.139. The zero-order valence-electron chi connectivity index (χ0n) is 30.5. The van der Waals surface area contributed by atoms with Crippen molar-refractivity contribution in [1.82, 2.24) is 39.1 Å². The van der Waals surface area contributed by atoms with Crippen LogP contribution in [0.3, 0.4) is 0 Å². The fourth-order valence-corrected chi connectivity index (χ4v) is 7.15. The molecule has 6 rings (SSSR count). The number of aromatic nitrogens is 6. The maximum atomic E-state index is 15.2. The van der Waals surface area contributed by atoms with Crippen LogP contribution in [-0.4, -0.2) is 73.7 Å². The van der Waals surface area contributed by atoms with E-state index in [1.54, 1.807) is 24.5 Å². The number of carbonyl (C=O) groups excluding carboxylic acids is 1. The molecule has 56 heavy (non-hydrogen) atoms. The molecule has 5 heterocycles. The van der Waals surface area contributed by atoms with Gasteiger partial charge in [0, 0.05) is 74.2 Å². The average Bonchev–Trinajstić information content (AvgIpc) is 3.20. The number of allylic oxidation sites excluding steroid dienone is 3. The molecule has 18 heteroatoms. The summed E-state index contributed by atoms with van der Waals surface area (Å²) in [6.45, 7) is 3.75. The summed E-state index contributed by atoms with van der Waals surface area (Å²) in [6.07, 6.45) is 9.69. The van der Waals surface area contributed by atoms with E-state index >= 15 is 4.39 Å². The molecule has 1 saturated heterocycles. The average molecular weight is 785 g/mol. The second-order valence-electron chi connectivity index (χ2n) is 13.1. The minimum Gasteiger partial charge on any atom is -0.480 e. The molecule has 0 saturated carbocycles. The summed E-state index contributed by atoms with van der Waals surface area (Å²) in [7, 11) is -2.67. The van der Waals surface area contributed by atoms with Crippen LogP contribution in [-0.2, 0) is 37.8 Å². The summed E-state index contributed by atoms with van der Waals surface area (Å²) in [4.78, 5) is 68.0. The predicted octanol–water partition coefficient (Wildman–Crippen LogP) is 3.07. The largest absolute Gasteiger partial charge is 0.480 e. The van der Waals surface area contributed by atoms with Crippen LogP contribution in [0.25, 0.3) is 27.8 Å². The van der Waals surface area contributed by atoms with Gasteiger partial charge in [0.15, 0.2) is 0 Å². The fourth-order valence-electron chi connectivity index (χ4n) is 6.06. The monoisotopic (exact) mass is 784 g/mol. The van der Waals surface area contributed by atoms with Crippen molar-refractivity contribution in [2.45, 2.75) is 50.0 Å². The van der Waals surface area contributed by atoms with Gasteiger partial charge in [0.05, 0.1) is 22.0 Å². The number of aliphatic carboxylic acids is 1. The van der Waals surface area contributed by atoms with Crippen molar-refractivity contribution >= 4 is 32.8 Å². The molecule has 0 unspecified atom stereocenters. The molecule has 0 spiro atoms. The first kappa shape index (κ1) is 39.3. The Morgan fingerprint density at radius 2 is 1.68 bits per heavy atom. The number of ether oxygens (including phenoxy) is 1. The van der Waals surface area contributed by atoms with Gasteiger partial charge in [-0.1, -0.05) is 18.2 Å². The van der Waals surface area contributed by atoms with E-state index < -0.39 is 50.6 Å². The van der Waals surface area contributed by atoms with E-state index in [2.05, 4.69) is 30.0 Å². The molecule has 3 N–H and O–H groups in total. The Labute approximate surface area is 319 Å². The molecule has 1 amide bonds. The number of aryl methyl sites for hydroxylation is 1. The number of hydrogen-bond donors (Lipinski definition) is 3. The van der Waals surface area contributed by atoms with Crippen molar-refractivity contribution in [1.29, 1.82) is 0 Å². The first-order valence-corrected chi connectivity index (χ1v) is 18.8. The standard InChI is InChI=1S/C38H37FN8O8S/c1-22(45-56(53,54)28-7-5-25(6-8-28)27-19-42-34(43-20-27)26-11-14-55-15-12-26)16-30(39)23(2)35(48)44-31(37(50)51)17-24-4-9-33(41-18-24)47-36(49)29-10-13-40-21-32(29)46(3)38(47)52/h4-10,13,16,18-21,26,31,45H,11-12,14-15,17H2,1-3H3,(H,44,48)(H,50,51)/b22-16+,30-23-/t31-/m0/s1. The van der Waals surface area contributed by atoms with E-state index in [0.29, 0.717) is 35.4 Å². The number of carboxylic acids is 1. The van der Waals surface area contributed by atoms with E-state index in [-0.39, 0.29) is 34.1 Å². The van der Waals surface area contributed by atoms with Crippen LogP contribution in [0.5, 0.6) is 0 Å². The van der Waals surface area contributed by atoms with Gasteiger partial charge in [-0.25, -0.2) is 41.9 Å². The molecular formula is C38H37FN8O8S. The third-order valence-corrected chi connectivity index (χ3v) is 10.7. The third-order valence-electron chi connectivity index (χ3n) is 9.25. The highest BCUT2D eigenvalue weighted by Crippen LogP contribution is 2.26. The molecule has 1 aliphatic rings. The number of fused-ring (bicyclic) bond motifs is 1. The number of amides is 1. The zero-order chi connectivity index (χ0) is 40.1. The van der Waals surface area contributed by atoms with Gasteiger partial charge in [-0.05, 0) is 68.2 Å². The van der Waals surface area contributed by atoms with Crippen molar-refractivity contribution in [2.75, 3.05) is 13.2 Å². The maximum Gasteiger partial charge on any atom is 0.337 e. The van der Waals surface area contributed by atoms with Gasteiger partial charge in [-0.15, -0.1) is 0 Å². The second-order valence-corrected chi connectivity index (χ2v) is 14.8. The Morgan fingerprint density at radius 3 is 2.32 bits per heavy atom. The van der Waals surface area contributed by atoms with Crippen LogP contribution in [0, 0.1) is 0 Å². The Hall–Kier alpha value is -6.40. The molecular weight excluding hydrogens is 748 g/mol. The van der Waals surface area contributed by atoms with Gasteiger partial charge in [-0.3, -0.25) is 23.9 Å². The zero-order valence-corrected chi connectivity index (χ0v) is 31.3.